The molecule has 0 bridgehead atoms. The fourth-order valence-electron chi connectivity index (χ4n) is 2.94. The van der Waals surface area contributed by atoms with Crippen LogP contribution in [0.2, 0.25) is 0 Å². The largest absolute Gasteiger partial charge is 0.497 e. The number of benzene rings is 3. The van der Waals surface area contributed by atoms with E-state index in [1.807, 2.05) is 67.6 Å². The predicted octanol–water partition coefficient (Wildman–Crippen LogP) is 4.11. The summed E-state index contributed by atoms with van der Waals surface area (Å²) in [6, 6.07) is 19.0. The van der Waals surface area contributed by atoms with Crippen LogP contribution in [0, 0.1) is 0 Å². The van der Waals surface area contributed by atoms with Crippen LogP contribution in [-0.2, 0) is 4.79 Å². The molecule has 1 N–H and O–H groups in total. The molecule has 140 valence electrons. The number of carbonyl (C=O) groups is 1. The van der Waals surface area contributed by atoms with E-state index in [9.17, 15) is 4.79 Å². The fourth-order valence-corrected chi connectivity index (χ4v) is 2.94. The summed E-state index contributed by atoms with van der Waals surface area (Å²) in [6.07, 6.45) is 0. The molecular weight excluding hydrogens is 342 g/mol. The number of amides is 1. The summed E-state index contributed by atoms with van der Waals surface area (Å²) in [5.74, 6) is 1.86. The minimum atomic E-state index is -0.247. The van der Waals surface area contributed by atoms with Gasteiger partial charge in [-0.25, -0.2) is 0 Å². The van der Waals surface area contributed by atoms with Gasteiger partial charge in [-0.3, -0.25) is 4.79 Å². The first-order valence-corrected chi connectivity index (χ1v) is 8.73. The van der Waals surface area contributed by atoms with E-state index >= 15 is 0 Å². The number of nitrogens with one attached hydrogen (secondary N) is 1. The van der Waals surface area contributed by atoms with Gasteiger partial charge >= 0.3 is 0 Å². The fraction of sp³-hybridized carbons (Fsp3) is 0.227. The van der Waals surface area contributed by atoms with Crippen molar-refractivity contribution in [3.8, 4) is 17.2 Å². The quantitative estimate of drug-likeness (QED) is 0.684. The molecule has 27 heavy (non-hydrogen) atoms. The molecule has 5 heteroatoms. The van der Waals surface area contributed by atoms with Gasteiger partial charge in [-0.2, -0.15) is 0 Å². The van der Waals surface area contributed by atoms with Crippen LogP contribution in [-0.4, -0.2) is 26.7 Å². The van der Waals surface area contributed by atoms with Gasteiger partial charge in [0.1, 0.15) is 17.2 Å². The third-order valence-corrected chi connectivity index (χ3v) is 4.37. The SMILES string of the molecule is COc1ccc(OC)c(C(C)NC(=O)COc2ccc3ccccc3c2)c1. The van der Waals surface area contributed by atoms with Crippen LogP contribution >= 0.6 is 0 Å². The lowest BCUT2D eigenvalue weighted by Crippen LogP contribution is -2.31. The maximum Gasteiger partial charge on any atom is 0.258 e. The Morgan fingerprint density at radius 3 is 2.41 bits per heavy atom. The molecule has 0 heterocycles. The molecule has 0 aliphatic carbocycles. The van der Waals surface area contributed by atoms with Crippen molar-refractivity contribution in [1.29, 1.82) is 0 Å². The smallest absolute Gasteiger partial charge is 0.258 e. The van der Waals surface area contributed by atoms with Crippen LogP contribution in [0.5, 0.6) is 17.2 Å². The van der Waals surface area contributed by atoms with Gasteiger partial charge in [-0.15, -0.1) is 0 Å². The molecule has 0 radical (unpaired) electrons. The second-order valence-corrected chi connectivity index (χ2v) is 6.19. The van der Waals surface area contributed by atoms with E-state index < -0.39 is 0 Å². The van der Waals surface area contributed by atoms with E-state index in [0.29, 0.717) is 17.2 Å². The molecule has 0 aliphatic heterocycles. The van der Waals surface area contributed by atoms with Crippen molar-refractivity contribution in [1.82, 2.24) is 5.32 Å². The zero-order valence-electron chi connectivity index (χ0n) is 15.7. The van der Waals surface area contributed by atoms with Crippen molar-refractivity contribution < 1.29 is 19.0 Å². The zero-order valence-corrected chi connectivity index (χ0v) is 15.7. The number of fused-ring (bicyclic) bond motifs is 1. The monoisotopic (exact) mass is 365 g/mol. The molecule has 0 saturated carbocycles. The lowest BCUT2D eigenvalue weighted by atomic mass is 10.1. The Morgan fingerprint density at radius 1 is 0.926 bits per heavy atom. The summed E-state index contributed by atoms with van der Waals surface area (Å²) in [5, 5.41) is 5.14. The second kappa shape index (κ2) is 8.45. The van der Waals surface area contributed by atoms with Gasteiger partial charge in [-0.1, -0.05) is 30.3 Å². The highest BCUT2D eigenvalue weighted by molar-refractivity contribution is 5.84. The predicted molar refractivity (Wildman–Crippen MR) is 106 cm³/mol. The summed E-state index contributed by atoms with van der Waals surface area (Å²) in [6.45, 7) is 1.83. The summed E-state index contributed by atoms with van der Waals surface area (Å²) >= 11 is 0. The van der Waals surface area contributed by atoms with Crippen molar-refractivity contribution in [2.24, 2.45) is 0 Å². The Balaban J connectivity index is 1.63. The van der Waals surface area contributed by atoms with Gasteiger partial charge in [0.05, 0.1) is 20.3 Å². The average molecular weight is 365 g/mol. The van der Waals surface area contributed by atoms with E-state index in [0.717, 1.165) is 16.3 Å². The molecule has 1 atom stereocenters. The molecule has 1 unspecified atom stereocenters. The Morgan fingerprint density at radius 2 is 1.67 bits per heavy atom. The molecule has 3 aromatic rings. The summed E-state index contributed by atoms with van der Waals surface area (Å²) in [7, 11) is 3.20. The van der Waals surface area contributed by atoms with Crippen molar-refractivity contribution in [3.63, 3.8) is 0 Å². The number of hydrogen-bond donors (Lipinski definition) is 1. The molecule has 1 amide bonds. The minimum Gasteiger partial charge on any atom is -0.497 e. The number of hydrogen-bond acceptors (Lipinski definition) is 4. The number of rotatable bonds is 7. The lowest BCUT2D eigenvalue weighted by Gasteiger charge is -2.18. The average Bonchev–Trinajstić information content (AvgIpc) is 2.71. The van der Waals surface area contributed by atoms with Crippen LogP contribution in [0.3, 0.4) is 0 Å². The lowest BCUT2D eigenvalue weighted by molar-refractivity contribution is -0.123. The first-order chi connectivity index (χ1) is 13.1. The number of ether oxygens (including phenoxy) is 3. The van der Waals surface area contributed by atoms with Crippen molar-refractivity contribution in [2.45, 2.75) is 13.0 Å². The van der Waals surface area contributed by atoms with Crippen LogP contribution in [0.4, 0.5) is 0 Å². The maximum absolute atomic E-state index is 12.3. The molecule has 3 rings (SSSR count). The van der Waals surface area contributed by atoms with Gasteiger partial charge in [0.2, 0.25) is 0 Å². The van der Waals surface area contributed by atoms with Crippen molar-refractivity contribution in [2.75, 3.05) is 20.8 Å². The Bertz CT molecular complexity index is 938. The first-order valence-electron chi connectivity index (χ1n) is 8.73. The van der Waals surface area contributed by atoms with E-state index in [1.54, 1.807) is 14.2 Å². The molecule has 0 aromatic heterocycles. The standard InChI is InChI=1S/C22H23NO4/c1-15(20-13-18(25-2)10-11-21(20)26-3)23-22(24)14-27-19-9-8-16-6-4-5-7-17(16)12-19/h4-13,15H,14H2,1-3H3,(H,23,24). The van der Waals surface area contributed by atoms with E-state index in [1.165, 1.54) is 0 Å². The van der Waals surface area contributed by atoms with E-state index in [2.05, 4.69) is 5.32 Å². The van der Waals surface area contributed by atoms with E-state index in [-0.39, 0.29) is 18.6 Å². The Labute approximate surface area is 158 Å². The second-order valence-electron chi connectivity index (χ2n) is 6.19. The summed E-state index contributed by atoms with van der Waals surface area (Å²) in [4.78, 5) is 12.3. The van der Waals surface area contributed by atoms with Gasteiger partial charge < -0.3 is 19.5 Å². The minimum absolute atomic E-state index is 0.0606. The highest BCUT2D eigenvalue weighted by Gasteiger charge is 2.15. The Kier molecular flexibility index (Phi) is 5.81. The zero-order chi connectivity index (χ0) is 19.2. The molecular formula is C22H23NO4. The summed E-state index contributed by atoms with van der Waals surface area (Å²) < 4.78 is 16.3. The third-order valence-electron chi connectivity index (χ3n) is 4.37. The molecule has 0 fully saturated rings. The van der Waals surface area contributed by atoms with Crippen LogP contribution in [0.25, 0.3) is 10.8 Å². The van der Waals surface area contributed by atoms with Crippen LogP contribution in [0.1, 0.15) is 18.5 Å². The van der Waals surface area contributed by atoms with Gasteiger partial charge in [0.15, 0.2) is 6.61 Å². The van der Waals surface area contributed by atoms with E-state index in [4.69, 9.17) is 14.2 Å². The maximum atomic E-state index is 12.3. The molecule has 0 aliphatic rings. The highest BCUT2D eigenvalue weighted by atomic mass is 16.5. The third kappa shape index (κ3) is 4.50. The topological polar surface area (TPSA) is 56.8 Å². The summed E-state index contributed by atoms with van der Waals surface area (Å²) in [5.41, 5.74) is 0.843. The van der Waals surface area contributed by atoms with Crippen LogP contribution < -0.4 is 19.5 Å². The molecule has 5 nitrogen and oxygen atoms in total. The van der Waals surface area contributed by atoms with Gasteiger partial charge in [0.25, 0.3) is 5.91 Å². The normalized spacial score (nSPS) is 11.7. The molecule has 3 aromatic carbocycles. The Hall–Kier alpha value is -3.21. The van der Waals surface area contributed by atoms with Gasteiger partial charge in [-0.05, 0) is 48.0 Å². The van der Waals surface area contributed by atoms with Crippen LogP contribution in [0.15, 0.2) is 60.7 Å². The van der Waals surface area contributed by atoms with Gasteiger partial charge in [0, 0.05) is 5.56 Å². The van der Waals surface area contributed by atoms with Crippen molar-refractivity contribution in [3.05, 3.63) is 66.2 Å². The number of methoxy groups -OCH3 is 2. The first kappa shape index (κ1) is 18.6. The highest BCUT2D eigenvalue weighted by Crippen LogP contribution is 2.29. The molecule has 0 spiro atoms. The molecule has 0 saturated heterocycles. The van der Waals surface area contributed by atoms with Crippen molar-refractivity contribution >= 4 is 16.7 Å². The number of carbonyl (C=O) groups excluding carboxylic acids is 1.